The molecule has 0 fully saturated rings. The van der Waals surface area contributed by atoms with Gasteiger partial charge in [0.05, 0.1) is 14.2 Å². The summed E-state index contributed by atoms with van der Waals surface area (Å²) in [6, 6.07) is 9.75. The van der Waals surface area contributed by atoms with Crippen molar-refractivity contribution in [2.75, 3.05) is 14.2 Å². The summed E-state index contributed by atoms with van der Waals surface area (Å²) >= 11 is 0. The number of benzene rings is 1. The smallest absolute Gasteiger partial charge is 0.321 e. The van der Waals surface area contributed by atoms with Gasteiger partial charge in [-0.05, 0) is 5.56 Å². The summed E-state index contributed by atoms with van der Waals surface area (Å²) in [6.45, 7) is 6.21. The minimum absolute atomic E-state index is 0.326. The summed E-state index contributed by atoms with van der Waals surface area (Å²) in [4.78, 5) is 24.6. The Labute approximate surface area is 166 Å². The Morgan fingerprint density at radius 3 is 2.25 bits per heavy atom. The van der Waals surface area contributed by atoms with Crippen molar-refractivity contribution in [2.45, 2.75) is 32.4 Å². The highest BCUT2D eigenvalue weighted by Gasteiger charge is 2.41. The van der Waals surface area contributed by atoms with E-state index in [2.05, 4.69) is 31.1 Å². The first kappa shape index (κ1) is 21.6. The molecular weight excluding hydrogens is 376 g/mol. The van der Waals surface area contributed by atoms with Crippen LogP contribution in [0.4, 0.5) is 0 Å². The van der Waals surface area contributed by atoms with E-state index in [1.165, 1.54) is 20.5 Å². The average Bonchev–Trinajstić information content (AvgIpc) is 3.12. The van der Waals surface area contributed by atoms with Crippen LogP contribution in [0.3, 0.4) is 0 Å². The molecule has 0 amide bonds. The lowest BCUT2D eigenvalue weighted by Crippen LogP contribution is -2.34. The van der Waals surface area contributed by atoms with Gasteiger partial charge in [0, 0.05) is 6.42 Å². The predicted molar refractivity (Wildman–Crippen MR) is 106 cm³/mol. The van der Waals surface area contributed by atoms with Crippen molar-refractivity contribution in [3.63, 3.8) is 0 Å². The second-order valence-electron chi connectivity index (χ2n) is 7.41. The van der Waals surface area contributed by atoms with Crippen LogP contribution in [0.25, 0.3) is 0 Å². The summed E-state index contributed by atoms with van der Waals surface area (Å²) in [7, 11) is 0.671. The third-order valence-electron chi connectivity index (χ3n) is 4.00. The van der Waals surface area contributed by atoms with Gasteiger partial charge in [0.2, 0.25) is 6.29 Å². The van der Waals surface area contributed by atoms with Crippen LogP contribution in [0, 0.1) is 23.3 Å². The first-order chi connectivity index (χ1) is 13.2. The van der Waals surface area contributed by atoms with Crippen LogP contribution in [-0.2, 0) is 35.0 Å². The number of esters is 2. The molecule has 6 nitrogen and oxygen atoms in total. The minimum atomic E-state index is -1.77. The molecule has 0 saturated carbocycles. The van der Waals surface area contributed by atoms with E-state index in [9.17, 15) is 9.59 Å². The van der Waals surface area contributed by atoms with Gasteiger partial charge in [0.25, 0.3) is 0 Å². The summed E-state index contributed by atoms with van der Waals surface area (Å²) in [6.07, 6.45) is 1.40. The molecule has 28 heavy (non-hydrogen) atoms. The van der Waals surface area contributed by atoms with E-state index in [-0.39, 0.29) is 0 Å². The van der Waals surface area contributed by atoms with Crippen LogP contribution in [0.1, 0.15) is 5.56 Å². The fourth-order valence-corrected chi connectivity index (χ4v) is 3.22. The third-order valence-corrected chi connectivity index (χ3v) is 4.90. The SMILES string of the molecule is COC(=O)C(C(=O)OC)C(C#C[Si](C)(C)C)C1=COC(Cc2ccccc2)O1. The summed E-state index contributed by atoms with van der Waals surface area (Å²) in [5.74, 6) is -0.155. The van der Waals surface area contributed by atoms with Gasteiger partial charge in [0.15, 0.2) is 11.7 Å². The van der Waals surface area contributed by atoms with Crippen LogP contribution in [0.15, 0.2) is 42.4 Å². The fourth-order valence-electron chi connectivity index (χ4n) is 2.63. The van der Waals surface area contributed by atoms with E-state index in [0.717, 1.165) is 5.56 Å². The van der Waals surface area contributed by atoms with Crippen LogP contribution in [0.5, 0.6) is 0 Å². The van der Waals surface area contributed by atoms with Gasteiger partial charge in [-0.2, -0.15) is 0 Å². The lowest BCUT2D eigenvalue weighted by molar-refractivity contribution is -0.160. The van der Waals surface area contributed by atoms with E-state index in [1.807, 2.05) is 30.3 Å². The number of hydrogen-bond donors (Lipinski definition) is 0. The van der Waals surface area contributed by atoms with E-state index in [4.69, 9.17) is 18.9 Å². The van der Waals surface area contributed by atoms with Crippen molar-refractivity contribution in [1.82, 2.24) is 0 Å². The van der Waals surface area contributed by atoms with Gasteiger partial charge in [-0.1, -0.05) is 55.9 Å². The molecule has 0 radical (unpaired) electrons. The van der Waals surface area contributed by atoms with Crippen LogP contribution < -0.4 is 0 Å². The number of carbonyl (C=O) groups excluding carboxylic acids is 2. The van der Waals surface area contributed by atoms with Gasteiger partial charge < -0.3 is 18.9 Å². The molecule has 0 N–H and O–H groups in total. The monoisotopic (exact) mass is 402 g/mol. The van der Waals surface area contributed by atoms with Crippen molar-refractivity contribution in [3.8, 4) is 11.5 Å². The Bertz CT molecular complexity index is 769. The Morgan fingerprint density at radius 2 is 1.71 bits per heavy atom. The number of rotatable bonds is 6. The molecule has 1 aromatic rings. The van der Waals surface area contributed by atoms with Crippen molar-refractivity contribution < 1.29 is 28.5 Å². The number of carbonyl (C=O) groups is 2. The maximum atomic E-state index is 12.3. The summed E-state index contributed by atoms with van der Waals surface area (Å²) in [5.41, 5.74) is 4.24. The maximum absolute atomic E-state index is 12.3. The van der Waals surface area contributed by atoms with E-state index in [1.54, 1.807) is 0 Å². The third kappa shape index (κ3) is 5.89. The molecule has 2 rings (SSSR count). The molecule has 150 valence electrons. The zero-order chi connectivity index (χ0) is 20.7. The van der Waals surface area contributed by atoms with Crippen LogP contribution in [-0.4, -0.2) is 40.5 Å². The molecule has 2 atom stereocenters. The highest BCUT2D eigenvalue weighted by molar-refractivity contribution is 6.83. The molecule has 0 aliphatic carbocycles. The average molecular weight is 403 g/mol. The molecule has 0 saturated heterocycles. The van der Waals surface area contributed by atoms with E-state index < -0.39 is 38.1 Å². The highest BCUT2D eigenvalue weighted by atomic mass is 28.3. The first-order valence-electron chi connectivity index (χ1n) is 8.99. The highest BCUT2D eigenvalue weighted by Crippen LogP contribution is 2.30. The number of methoxy groups -OCH3 is 2. The zero-order valence-electron chi connectivity index (χ0n) is 16.9. The van der Waals surface area contributed by atoms with Crippen molar-refractivity contribution in [2.24, 2.45) is 11.8 Å². The fraction of sp³-hybridized carbons (Fsp3) is 0.429. The van der Waals surface area contributed by atoms with Gasteiger partial charge in [-0.3, -0.25) is 9.59 Å². The van der Waals surface area contributed by atoms with Crippen molar-refractivity contribution in [1.29, 1.82) is 0 Å². The topological polar surface area (TPSA) is 71.1 Å². The quantitative estimate of drug-likeness (QED) is 0.315. The maximum Gasteiger partial charge on any atom is 0.321 e. The molecule has 1 aromatic carbocycles. The van der Waals surface area contributed by atoms with Crippen molar-refractivity contribution >= 4 is 20.0 Å². The normalized spacial score (nSPS) is 16.8. The molecule has 1 aliphatic rings. The minimum Gasteiger partial charge on any atom is -0.468 e. The second kappa shape index (κ2) is 9.47. The standard InChI is InChI=1S/C21H26O6Si/c1-24-20(22)19(21(23)25-2)16(11-12-28(3,4)5)17-14-26-18(27-17)13-15-9-7-6-8-10-15/h6-10,14,16,18-19H,13H2,1-5H3. The summed E-state index contributed by atoms with van der Waals surface area (Å²) < 4.78 is 21.1. The van der Waals surface area contributed by atoms with Gasteiger partial charge in [-0.25, -0.2) is 0 Å². The Kier molecular flexibility index (Phi) is 7.29. The zero-order valence-corrected chi connectivity index (χ0v) is 17.9. The lowest BCUT2D eigenvalue weighted by Gasteiger charge is -2.21. The van der Waals surface area contributed by atoms with Gasteiger partial charge in [-0.15, -0.1) is 5.54 Å². The molecule has 0 spiro atoms. The number of hydrogen-bond acceptors (Lipinski definition) is 6. The predicted octanol–water partition coefficient (Wildman–Crippen LogP) is 2.90. The van der Waals surface area contributed by atoms with Gasteiger partial charge in [0.1, 0.15) is 20.3 Å². The van der Waals surface area contributed by atoms with Gasteiger partial charge >= 0.3 is 11.9 Å². The Morgan fingerprint density at radius 1 is 1.11 bits per heavy atom. The number of ether oxygens (including phenoxy) is 4. The molecule has 0 bridgehead atoms. The van der Waals surface area contributed by atoms with E-state index >= 15 is 0 Å². The molecular formula is C21H26O6Si. The first-order valence-corrected chi connectivity index (χ1v) is 12.5. The summed E-state index contributed by atoms with van der Waals surface area (Å²) in [5, 5.41) is 0. The molecule has 0 aromatic heterocycles. The number of allylic oxidation sites excluding steroid dienone is 1. The van der Waals surface area contributed by atoms with E-state index in [0.29, 0.717) is 12.2 Å². The molecule has 1 heterocycles. The Hall–Kier alpha value is -2.72. The Balaban J connectivity index is 2.27. The molecule has 1 aliphatic heterocycles. The molecule has 7 heteroatoms. The molecule has 2 unspecified atom stereocenters. The largest absolute Gasteiger partial charge is 0.468 e. The van der Waals surface area contributed by atoms with Crippen LogP contribution >= 0.6 is 0 Å². The van der Waals surface area contributed by atoms with Crippen molar-refractivity contribution in [3.05, 3.63) is 47.9 Å². The lowest BCUT2D eigenvalue weighted by atomic mass is 9.91. The second-order valence-corrected chi connectivity index (χ2v) is 12.2. The van der Waals surface area contributed by atoms with Crippen LogP contribution in [0.2, 0.25) is 19.6 Å².